The van der Waals surface area contributed by atoms with Gasteiger partial charge in [0.25, 0.3) is 11.6 Å². The van der Waals surface area contributed by atoms with Crippen LogP contribution in [0.2, 0.25) is 5.02 Å². The van der Waals surface area contributed by atoms with Crippen LogP contribution in [0.25, 0.3) is 6.08 Å². The summed E-state index contributed by atoms with van der Waals surface area (Å²) in [7, 11) is 0. The Bertz CT molecular complexity index is 1270. The van der Waals surface area contributed by atoms with Crippen molar-refractivity contribution in [3.63, 3.8) is 0 Å². The van der Waals surface area contributed by atoms with E-state index in [0.717, 1.165) is 16.0 Å². The van der Waals surface area contributed by atoms with E-state index < -0.39 is 16.9 Å². The third-order valence-corrected chi connectivity index (χ3v) is 5.88. The van der Waals surface area contributed by atoms with E-state index in [2.05, 4.69) is 21.2 Å². The number of non-ortho nitro benzene ring substituents is 1. The minimum Gasteiger partial charge on any atom is -0.486 e. The maximum atomic E-state index is 12.7. The van der Waals surface area contributed by atoms with Crippen molar-refractivity contribution in [1.82, 2.24) is 10.2 Å². The molecule has 1 aliphatic heterocycles. The number of carbonyl (C=O) groups is 2. The van der Waals surface area contributed by atoms with Gasteiger partial charge in [-0.1, -0.05) is 41.9 Å². The van der Waals surface area contributed by atoms with Gasteiger partial charge in [-0.15, -0.1) is 0 Å². The summed E-state index contributed by atoms with van der Waals surface area (Å²) in [6.45, 7) is 0.322. The van der Waals surface area contributed by atoms with Crippen LogP contribution in [0.5, 0.6) is 5.75 Å². The van der Waals surface area contributed by atoms with Crippen molar-refractivity contribution < 1.29 is 19.2 Å². The van der Waals surface area contributed by atoms with Crippen LogP contribution in [-0.4, -0.2) is 21.8 Å². The topological polar surface area (TPSA) is 102 Å². The molecule has 0 unspecified atom stereocenters. The van der Waals surface area contributed by atoms with E-state index >= 15 is 0 Å². The van der Waals surface area contributed by atoms with Gasteiger partial charge in [0.1, 0.15) is 12.3 Å². The Hall–Kier alpha value is -3.69. The summed E-state index contributed by atoms with van der Waals surface area (Å²) in [4.78, 5) is 36.5. The number of hydrogen-bond acceptors (Lipinski definition) is 5. The molecule has 0 radical (unpaired) electrons. The number of nitrogens with one attached hydrogen (secondary N) is 1. The third-order valence-electron chi connectivity index (χ3n) is 5.01. The number of halogens is 2. The molecule has 0 atom stereocenters. The first kappa shape index (κ1) is 23.5. The number of rotatable bonds is 7. The molecule has 0 aromatic heterocycles. The van der Waals surface area contributed by atoms with Crippen molar-refractivity contribution in [3.8, 4) is 5.75 Å². The van der Waals surface area contributed by atoms with Crippen LogP contribution in [0.1, 0.15) is 16.7 Å². The predicted octanol–water partition coefficient (Wildman–Crippen LogP) is 5.68. The molecule has 1 saturated heterocycles. The molecule has 0 spiro atoms. The lowest BCUT2D eigenvalue weighted by molar-refractivity contribution is -0.384. The number of ether oxygens (including phenoxy) is 1. The molecule has 1 heterocycles. The number of nitrogens with zero attached hydrogens (tertiary/aromatic N) is 2. The summed E-state index contributed by atoms with van der Waals surface area (Å²) in [6, 6.07) is 18.1. The fraction of sp³-hybridized carbons (Fsp3) is 0.0833. The second-order valence-corrected chi connectivity index (χ2v) is 8.65. The Labute approximate surface area is 208 Å². The van der Waals surface area contributed by atoms with Gasteiger partial charge in [-0.25, -0.2) is 4.79 Å². The lowest BCUT2D eigenvalue weighted by Crippen LogP contribution is -2.30. The molecule has 0 saturated carbocycles. The molecule has 10 heteroatoms. The second-order valence-electron chi connectivity index (χ2n) is 7.39. The Morgan fingerprint density at radius 3 is 2.41 bits per heavy atom. The fourth-order valence-corrected chi connectivity index (χ4v) is 4.31. The van der Waals surface area contributed by atoms with Crippen molar-refractivity contribution >= 4 is 51.2 Å². The number of urea groups is 1. The molecule has 3 aromatic rings. The second kappa shape index (κ2) is 10.1. The van der Waals surface area contributed by atoms with Crippen LogP contribution in [0.15, 0.2) is 76.9 Å². The lowest BCUT2D eigenvalue weighted by atomic mass is 10.1. The predicted molar refractivity (Wildman–Crippen MR) is 130 cm³/mol. The largest absolute Gasteiger partial charge is 0.486 e. The quantitative estimate of drug-likeness (QED) is 0.179. The molecule has 8 nitrogen and oxygen atoms in total. The van der Waals surface area contributed by atoms with E-state index in [1.807, 2.05) is 30.3 Å². The molecular weight excluding hydrogens is 526 g/mol. The zero-order chi connectivity index (χ0) is 24.2. The monoisotopic (exact) mass is 541 g/mol. The van der Waals surface area contributed by atoms with Gasteiger partial charge in [0.15, 0.2) is 5.75 Å². The van der Waals surface area contributed by atoms with E-state index in [1.165, 1.54) is 12.1 Å². The van der Waals surface area contributed by atoms with Gasteiger partial charge < -0.3 is 10.1 Å². The Morgan fingerprint density at radius 2 is 1.76 bits per heavy atom. The zero-order valence-corrected chi connectivity index (χ0v) is 19.9. The highest BCUT2D eigenvalue weighted by atomic mass is 79.9. The van der Waals surface area contributed by atoms with Gasteiger partial charge in [0.2, 0.25) is 0 Å². The van der Waals surface area contributed by atoms with Crippen LogP contribution >= 0.6 is 27.5 Å². The molecule has 3 amide bonds. The first-order valence-corrected chi connectivity index (χ1v) is 11.2. The molecule has 4 rings (SSSR count). The van der Waals surface area contributed by atoms with Crippen LogP contribution in [0.3, 0.4) is 0 Å². The summed E-state index contributed by atoms with van der Waals surface area (Å²) < 4.78 is 6.33. The molecule has 0 aliphatic carbocycles. The lowest BCUT2D eigenvalue weighted by Gasteiger charge is -2.12. The van der Waals surface area contributed by atoms with Crippen molar-refractivity contribution in [2.75, 3.05) is 0 Å². The van der Waals surface area contributed by atoms with Crippen molar-refractivity contribution in [2.45, 2.75) is 13.2 Å². The van der Waals surface area contributed by atoms with Crippen LogP contribution in [-0.2, 0) is 17.9 Å². The minimum absolute atomic E-state index is 0.00348. The van der Waals surface area contributed by atoms with Crippen molar-refractivity contribution in [1.29, 1.82) is 0 Å². The molecule has 172 valence electrons. The first-order chi connectivity index (χ1) is 16.3. The van der Waals surface area contributed by atoms with Crippen molar-refractivity contribution in [3.05, 3.63) is 109 Å². The van der Waals surface area contributed by atoms with Gasteiger partial charge in [-0.3, -0.25) is 19.8 Å². The Kier molecular flexibility index (Phi) is 6.95. The number of benzene rings is 3. The highest BCUT2D eigenvalue weighted by Gasteiger charge is 2.33. The van der Waals surface area contributed by atoms with Gasteiger partial charge in [0, 0.05) is 12.1 Å². The smallest absolute Gasteiger partial charge is 0.329 e. The minimum atomic E-state index is -0.492. The molecule has 0 bridgehead atoms. The third kappa shape index (κ3) is 5.27. The Morgan fingerprint density at radius 1 is 1.06 bits per heavy atom. The maximum absolute atomic E-state index is 12.7. The van der Waals surface area contributed by atoms with E-state index in [0.29, 0.717) is 20.8 Å². The van der Waals surface area contributed by atoms with Gasteiger partial charge in [0.05, 0.1) is 21.0 Å². The molecule has 3 aromatic carbocycles. The van der Waals surface area contributed by atoms with Gasteiger partial charge in [-0.2, -0.15) is 0 Å². The normalized spacial score (nSPS) is 14.4. The Balaban J connectivity index is 1.47. The van der Waals surface area contributed by atoms with Gasteiger partial charge in [-0.05, 0) is 63.0 Å². The molecular formula is C24H17BrClN3O5. The average Bonchev–Trinajstić information content (AvgIpc) is 3.07. The molecule has 1 N–H and O–H groups in total. The SMILES string of the molecule is O=C1N/C(=C/c2cc(Cl)c(OCc3ccc([N+](=O)[O-])cc3)c(Br)c2)C(=O)N1Cc1ccccc1. The number of hydrogen-bond donors (Lipinski definition) is 1. The summed E-state index contributed by atoms with van der Waals surface area (Å²) in [5.74, 6) is -0.0470. The number of amides is 3. The summed E-state index contributed by atoms with van der Waals surface area (Å²) >= 11 is 9.82. The van der Waals surface area contributed by atoms with E-state index in [4.69, 9.17) is 16.3 Å². The van der Waals surface area contributed by atoms with Crippen LogP contribution in [0, 0.1) is 10.1 Å². The molecule has 1 fully saturated rings. The standard InChI is InChI=1S/C24H17BrClN3O5/c25-19-10-17(11-20(26)22(19)34-14-16-6-8-18(9-7-16)29(32)33)12-21-23(30)28(24(31)27-21)13-15-4-2-1-3-5-15/h1-12H,13-14H2,(H,27,31)/b21-12+. The highest BCUT2D eigenvalue weighted by molar-refractivity contribution is 9.10. The molecule has 34 heavy (non-hydrogen) atoms. The van der Waals surface area contributed by atoms with E-state index in [1.54, 1.807) is 30.3 Å². The fourth-order valence-electron chi connectivity index (χ4n) is 3.32. The number of nitro groups is 1. The average molecular weight is 543 g/mol. The first-order valence-electron chi connectivity index (χ1n) is 10.1. The van der Waals surface area contributed by atoms with Gasteiger partial charge >= 0.3 is 6.03 Å². The maximum Gasteiger partial charge on any atom is 0.329 e. The van der Waals surface area contributed by atoms with E-state index in [9.17, 15) is 19.7 Å². The summed E-state index contributed by atoms with van der Waals surface area (Å²) in [6.07, 6.45) is 1.54. The number of nitro benzene ring substituents is 1. The van der Waals surface area contributed by atoms with Crippen molar-refractivity contribution in [2.24, 2.45) is 0 Å². The number of carbonyl (C=O) groups excluding carboxylic acids is 2. The highest BCUT2D eigenvalue weighted by Crippen LogP contribution is 2.36. The summed E-state index contributed by atoms with van der Waals surface area (Å²) in [5, 5.41) is 13.7. The zero-order valence-electron chi connectivity index (χ0n) is 17.5. The van der Waals surface area contributed by atoms with E-state index in [-0.39, 0.29) is 24.5 Å². The van der Waals surface area contributed by atoms with Crippen LogP contribution < -0.4 is 10.1 Å². The molecule has 1 aliphatic rings. The van der Waals surface area contributed by atoms with Crippen LogP contribution in [0.4, 0.5) is 10.5 Å². The summed E-state index contributed by atoms with van der Waals surface area (Å²) in [5.41, 5.74) is 2.30. The number of imide groups is 1.